The third kappa shape index (κ3) is 3.95. The molecule has 0 aliphatic heterocycles. The summed E-state index contributed by atoms with van der Waals surface area (Å²) in [4.78, 5) is 11.2. The van der Waals surface area contributed by atoms with Crippen LogP contribution in [-0.2, 0) is 0 Å². The van der Waals surface area contributed by atoms with Crippen molar-refractivity contribution in [3.63, 3.8) is 0 Å². The van der Waals surface area contributed by atoms with Crippen LogP contribution in [0.15, 0.2) is 24.3 Å². The van der Waals surface area contributed by atoms with Gasteiger partial charge in [-0.15, -0.1) is 0 Å². The first-order valence-electron chi connectivity index (χ1n) is 4.55. The van der Waals surface area contributed by atoms with Gasteiger partial charge in [-0.3, -0.25) is 0 Å². The van der Waals surface area contributed by atoms with E-state index in [9.17, 15) is 9.18 Å². The average molecular weight is 212 g/mol. The molecule has 0 aliphatic carbocycles. The predicted octanol–water partition coefficient (Wildman–Crippen LogP) is 1.33. The zero-order chi connectivity index (χ0) is 11.3. The van der Waals surface area contributed by atoms with Crippen LogP contribution in [0.2, 0.25) is 0 Å². The Kier molecular flexibility index (Phi) is 4.05. The van der Waals surface area contributed by atoms with Gasteiger partial charge in [-0.1, -0.05) is 6.07 Å². The lowest BCUT2D eigenvalue weighted by Crippen LogP contribution is -2.38. The zero-order valence-corrected chi connectivity index (χ0v) is 8.33. The monoisotopic (exact) mass is 212 g/mol. The van der Waals surface area contributed by atoms with Crippen molar-refractivity contribution in [3.8, 4) is 0 Å². The molecule has 15 heavy (non-hydrogen) atoms. The van der Waals surface area contributed by atoms with Gasteiger partial charge in [-0.05, 0) is 25.1 Å². The third-order valence-electron chi connectivity index (χ3n) is 1.73. The first kappa shape index (κ1) is 11.5. The summed E-state index contributed by atoms with van der Waals surface area (Å²) < 4.78 is 12.7. The standard InChI is InChI=1S/C10H13FN2O2/c1-7(6-14)12-10(15)13-9-4-2-3-8(11)5-9/h2-5,7,14H,6H2,1H3,(H2,12,13,15)/t7-/m0/s1. The molecule has 1 atom stereocenters. The van der Waals surface area contributed by atoms with Crippen molar-refractivity contribution in [1.29, 1.82) is 0 Å². The molecule has 3 N–H and O–H groups in total. The van der Waals surface area contributed by atoms with Gasteiger partial charge in [0, 0.05) is 5.69 Å². The van der Waals surface area contributed by atoms with Crippen molar-refractivity contribution in [2.75, 3.05) is 11.9 Å². The third-order valence-corrected chi connectivity index (χ3v) is 1.73. The summed E-state index contributed by atoms with van der Waals surface area (Å²) in [6.45, 7) is 1.52. The summed E-state index contributed by atoms with van der Waals surface area (Å²) in [5.41, 5.74) is 0.373. The number of benzene rings is 1. The molecule has 1 aromatic rings. The summed E-state index contributed by atoms with van der Waals surface area (Å²) in [5, 5.41) is 13.6. The molecule has 1 rings (SSSR count). The molecular weight excluding hydrogens is 199 g/mol. The van der Waals surface area contributed by atoms with E-state index in [0.717, 1.165) is 0 Å². The Hall–Kier alpha value is -1.62. The van der Waals surface area contributed by atoms with E-state index in [1.807, 2.05) is 0 Å². The van der Waals surface area contributed by atoms with Crippen LogP contribution in [0, 0.1) is 5.82 Å². The molecule has 0 spiro atoms. The highest BCUT2D eigenvalue weighted by Gasteiger charge is 2.05. The highest BCUT2D eigenvalue weighted by atomic mass is 19.1. The lowest BCUT2D eigenvalue weighted by atomic mass is 10.3. The highest BCUT2D eigenvalue weighted by Crippen LogP contribution is 2.08. The maximum absolute atomic E-state index is 12.7. The first-order chi connectivity index (χ1) is 7.11. The fourth-order valence-electron chi connectivity index (χ4n) is 1.00. The lowest BCUT2D eigenvalue weighted by Gasteiger charge is -2.11. The normalized spacial score (nSPS) is 11.9. The fourth-order valence-corrected chi connectivity index (χ4v) is 1.00. The van der Waals surface area contributed by atoms with Crippen LogP contribution in [0.1, 0.15) is 6.92 Å². The van der Waals surface area contributed by atoms with Crippen LogP contribution in [-0.4, -0.2) is 23.8 Å². The molecule has 1 aromatic carbocycles. The largest absolute Gasteiger partial charge is 0.394 e. The highest BCUT2D eigenvalue weighted by molar-refractivity contribution is 5.89. The number of hydrogen-bond donors (Lipinski definition) is 3. The number of rotatable bonds is 3. The Morgan fingerprint density at radius 3 is 2.93 bits per heavy atom. The summed E-state index contributed by atoms with van der Waals surface area (Å²) in [7, 11) is 0. The molecule has 0 unspecified atom stereocenters. The van der Waals surface area contributed by atoms with Gasteiger partial charge in [0.2, 0.25) is 0 Å². The van der Waals surface area contributed by atoms with Crippen LogP contribution in [0.25, 0.3) is 0 Å². The van der Waals surface area contributed by atoms with E-state index in [2.05, 4.69) is 10.6 Å². The van der Waals surface area contributed by atoms with Crippen molar-refractivity contribution in [2.45, 2.75) is 13.0 Å². The van der Waals surface area contributed by atoms with Gasteiger partial charge in [0.25, 0.3) is 0 Å². The van der Waals surface area contributed by atoms with Gasteiger partial charge in [0.05, 0.1) is 12.6 Å². The zero-order valence-electron chi connectivity index (χ0n) is 8.33. The number of aliphatic hydroxyl groups is 1. The van der Waals surface area contributed by atoms with Crippen LogP contribution in [0.3, 0.4) is 0 Å². The van der Waals surface area contributed by atoms with E-state index in [1.165, 1.54) is 18.2 Å². The second kappa shape index (κ2) is 5.31. The summed E-state index contributed by atoms with van der Waals surface area (Å²) in [6, 6.07) is 4.77. The molecular formula is C10H13FN2O2. The maximum atomic E-state index is 12.7. The summed E-state index contributed by atoms with van der Waals surface area (Å²) >= 11 is 0. The van der Waals surface area contributed by atoms with Crippen LogP contribution >= 0.6 is 0 Å². The number of nitrogens with one attached hydrogen (secondary N) is 2. The number of halogens is 1. The minimum absolute atomic E-state index is 0.142. The van der Waals surface area contributed by atoms with Crippen LogP contribution < -0.4 is 10.6 Å². The second-order valence-corrected chi connectivity index (χ2v) is 3.19. The van der Waals surface area contributed by atoms with Crippen molar-refractivity contribution in [3.05, 3.63) is 30.1 Å². The number of urea groups is 1. The summed E-state index contributed by atoms with van der Waals surface area (Å²) in [6.07, 6.45) is 0. The number of carbonyl (C=O) groups excluding carboxylic acids is 1. The molecule has 2 amide bonds. The molecule has 0 fully saturated rings. The van der Waals surface area contributed by atoms with Gasteiger partial charge in [0.1, 0.15) is 5.82 Å². The predicted molar refractivity (Wildman–Crippen MR) is 55.1 cm³/mol. The van der Waals surface area contributed by atoms with E-state index in [0.29, 0.717) is 5.69 Å². The molecule has 82 valence electrons. The van der Waals surface area contributed by atoms with E-state index in [-0.39, 0.29) is 12.6 Å². The van der Waals surface area contributed by atoms with Crippen molar-refractivity contribution >= 4 is 11.7 Å². The Bertz CT molecular complexity index is 344. The minimum atomic E-state index is -0.470. The Balaban J connectivity index is 2.51. The van der Waals surface area contributed by atoms with Gasteiger partial charge in [-0.25, -0.2) is 9.18 Å². The molecule has 0 aliphatic rings. The van der Waals surface area contributed by atoms with Gasteiger partial charge in [-0.2, -0.15) is 0 Å². The SMILES string of the molecule is C[C@@H](CO)NC(=O)Nc1cccc(F)c1. The van der Waals surface area contributed by atoms with E-state index >= 15 is 0 Å². The van der Waals surface area contributed by atoms with Crippen molar-refractivity contribution < 1.29 is 14.3 Å². The number of aliphatic hydroxyl groups excluding tert-OH is 1. The topological polar surface area (TPSA) is 61.4 Å². The Morgan fingerprint density at radius 2 is 2.33 bits per heavy atom. The van der Waals surface area contributed by atoms with E-state index < -0.39 is 11.8 Å². The minimum Gasteiger partial charge on any atom is -0.394 e. The first-order valence-corrected chi connectivity index (χ1v) is 4.55. The van der Waals surface area contributed by atoms with Gasteiger partial charge < -0.3 is 15.7 Å². The Morgan fingerprint density at radius 1 is 1.60 bits per heavy atom. The maximum Gasteiger partial charge on any atom is 0.319 e. The smallest absolute Gasteiger partial charge is 0.319 e. The van der Waals surface area contributed by atoms with E-state index in [4.69, 9.17) is 5.11 Å². The van der Waals surface area contributed by atoms with Crippen molar-refractivity contribution in [2.24, 2.45) is 0 Å². The van der Waals surface area contributed by atoms with Crippen LogP contribution in [0.4, 0.5) is 14.9 Å². The lowest BCUT2D eigenvalue weighted by molar-refractivity contribution is 0.229. The molecule has 0 saturated heterocycles. The van der Waals surface area contributed by atoms with Crippen LogP contribution in [0.5, 0.6) is 0 Å². The molecule has 0 saturated carbocycles. The summed E-state index contributed by atoms with van der Waals surface area (Å²) in [5.74, 6) is -0.414. The molecule has 4 nitrogen and oxygen atoms in total. The average Bonchev–Trinajstić information content (AvgIpc) is 2.17. The Labute approximate surface area is 87.1 Å². The number of carbonyl (C=O) groups is 1. The molecule has 0 radical (unpaired) electrons. The number of anilines is 1. The molecule has 0 aromatic heterocycles. The second-order valence-electron chi connectivity index (χ2n) is 3.19. The quantitative estimate of drug-likeness (QED) is 0.707. The molecule has 0 bridgehead atoms. The molecule has 5 heteroatoms. The van der Waals surface area contributed by atoms with Gasteiger partial charge in [0.15, 0.2) is 0 Å². The van der Waals surface area contributed by atoms with Gasteiger partial charge >= 0.3 is 6.03 Å². The van der Waals surface area contributed by atoms with Crippen molar-refractivity contribution in [1.82, 2.24) is 5.32 Å². The van der Waals surface area contributed by atoms with E-state index in [1.54, 1.807) is 13.0 Å². The molecule has 0 heterocycles. The fraction of sp³-hybridized carbons (Fsp3) is 0.300. The number of amides is 2. The number of hydrogen-bond acceptors (Lipinski definition) is 2.